The van der Waals surface area contributed by atoms with Crippen molar-refractivity contribution in [1.29, 1.82) is 0 Å². The third-order valence-corrected chi connectivity index (χ3v) is 5.49. The monoisotopic (exact) mass is 365 g/mol. The maximum Gasteiger partial charge on any atom is 0.261 e. The number of benzene rings is 2. The van der Waals surface area contributed by atoms with E-state index >= 15 is 0 Å². The highest BCUT2D eigenvalue weighted by Gasteiger charge is 2.22. The lowest BCUT2D eigenvalue weighted by Gasteiger charge is -2.23. The van der Waals surface area contributed by atoms with Crippen molar-refractivity contribution in [1.82, 2.24) is 5.32 Å². The van der Waals surface area contributed by atoms with Crippen molar-refractivity contribution < 1.29 is 9.53 Å². The first kappa shape index (κ1) is 19.5. The van der Waals surface area contributed by atoms with Gasteiger partial charge in [-0.05, 0) is 81.2 Å². The molecule has 144 valence electrons. The summed E-state index contributed by atoms with van der Waals surface area (Å²) in [6, 6.07) is 12.7. The molecule has 3 heteroatoms. The highest BCUT2D eigenvalue weighted by Crippen LogP contribution is 2.25. The number of rotatable bonds is 6. The Bertz CT molecular complexity index is 812. The quantitative estimate of drug-likeness (QED) is 0.762. The van der Waals surface area contributed by atoms with Crippen molar-refractivity contribution in [2.45, 2.75) is 71.9 Å². The summed E-state index contributed by atoms with van der Waals surface area (Å²) >= 11 is 0. The minimum absolute atomic E-state index is 0.0264. The molecule has 0 aliphatic heterocycles. The van der Waals surface area contributed by atoms with Crippen molar-refractivity contribution in [2.75, 3.05) is 0 Å². The predicted octanol–water partition coefficient (Wildman–Crippen LogP) is 5.22. The largest absolute Gasteiger partial charge is 0.480 e. The van der Waals surface area contributed by atoms with Gasteiger partial charge in [0.2, 0.25) is 0 Å². The molecule has 0 saturated heterocycles. The predicted molar refractivity (Wildman–Crippen MR) is 110 cm³/mol. The van der Waals surface area contributed by atoms with E-state index in [1.54, 1.807) is 0 Å². The maximum absolute atomic E-state index is 12.8. The van der Waals surface area contributed by atoms with Crippen LogP contribution in [-0.4, -0.2) is 12.0 Å². The molecule has 1 amide bonds. The number of fused-ring (bicyclic) bond motifs is 1. The molecule has 3 nitrogen and oxygen atoms in total. The second-order valence-electron chi connectivity index (χ2n) is 7.75. The Morgan fingerprint density at radius 2 is 1.81 bits per heavy atom. The lowest BCUT2D eigenvalue weighted by Crippen LogP contribution is -2.39. The van der Waals surface area contributed by atoms with Crippen molar-refractivity contribution in [3.8, 4) is 5.75 Å². The maximum atomic E-state index is 12.8. The lowest BCUT2D eigenvalue weighted by molar-refractivity contribution is -0.128. The average Bonchev–Trinajstić information content (AvgIpc) is 2.66. The molecule has 2 aromatic carbocycles. The smallest absolute Gasteiger partial charge is 0.261 e. The highest BCUT2D eigenvalue weighted by molar-refractivity contribution is 5.81. The Morgan fingerprint density at radius 1 is 1.07 bits per heavy atom. The van der Waals surface area contributed by atoms with E-state index in [0.29, 0.717) is 6.42 Å². The molecule has 0 heterocycles. The van der Waals surface area contributed by atoms with Crippen molar-refractivity contribution >= 4 is 5.91 Å². The van der Waals surface area contributed by atoms with Crippen LogP contribution in [0.3, 0.4) is 0 Å². The number of aryl methyl sites for hydroxylation is 4. The topological polar surface area (TPSA) is 38.3 Å². The van der Waals surface area contributed by atoms with Crippen LogP contribution in [0.2, 0.25) is 0 Å². The van der Waals surface area contributed by atoms with Crippen LogP contribution < -0.4 is 10.1 Å². The molecule has 1 aliphatic rings. The Labute approximate surface area is 163 Å². The molecule has 3 rings (SSSR count). The van der Waals surface area contributed by atoms with Gasteiger partial charge in [-0.15, -0.1) is 0 Å². The molecule has 0 spiro atoms. The van der Waals surface area contributed by atoms with Crippen LogP contribution >= 0.6 is 0 Å². The van der Waals surface area contributed by atoms with Gasteiger partial charge < -0.3 is 10.1 Å². The zero-order valence-corrected chi connectivity index (χ0v) is 17.0. The third-order valence-electron chi connectivity index (χ3n) is 5.49. The first-order valence-corrected chi connectivity index (χ1v) is 10.1. The number of carbonyl (C=O) groups excluding carboxylic acids is 1. The fourth-order valence-electron chi connectivity index (χ4n) is 3.82. The minimum Gasteiger partial charge on any atom is -0.480 e. The summed E-state index contributed by atoms with van der Waals surface area (Å²) in [5.74, 6) is 0.728. The van der Waals surface area contributed by atoms with Gasteiger partial charge in [0.25, 0.3) is 5.91 Å². The summed E-state index contributed by atoms with van der Waals surface area (Å²) < 4.78 is 6.03. The highest BCUT2D eigenvalue weighted by atomic mass is 16.5. The van der Waals surface area contributed by atoms with E-state index < -0.39 is 6.10 Å². The van der Waals surface area contributed by atoms with Gasteiger partial charge in [0.05, 0.1) is 6.04 Å². The second-order valence-corrected chi connectivity index (χ2v) is 7.75. The van der Waals surface area contributed by atoms with Gasteiger partial charge in [-0.25, -0.2) is 0 Å². The van der Waals surface area contributed by atoms with E-state index in [1.807, 2.05) is 32.9 Å². The minimum atomic E-state index is -0.480. The van der Waals surface area contributed by atoms with Crippen LogP contribution in [0.4, 0.5) is 0 Å². The van der Waals surface area contributed by atoms with E-state index in [0.717, 1.165) is 17.7 Å². The molecule has 0 unspecified atom stereocenters. The van der Waals surface area contributed by atoms with Crippen molar-refractivity contribution in [3.05, 3.63) is 64.2 Å². The first-order valence-electron chi connectivity index (χ1n) is 10.1. The van der Waals surface area contributed by atoms with E-state index in [4.69, 9.17) is 4.74 Å². The molecule has 0 bridgehead atoms. The molecule has 1 aliphatic carbocycles. The molecule has 0 radical (unpaired) electrons. The summed E-state index contributed by atoms with van der Waals surface area (Å²) in [4.78, 5) is 12.8. The summed E-state index contributed by atoms with van der Waals surface area (Å²) in [5.41, 5.74) is 6.33. The molecule has 27 heavy (non-hydrogen) atoms. The van der Waals surface area contributed by atoms with Gasteiger partial charge in [0, 0.05) is 0 Å². The normalized spacial score (nSPS) is 15.6. The van der Waals surface area contributed by atoms with Crippen molar-refractivity contribution in [3.63, 3.8) is 0 Å². The van der Waals surface area contributed by atoms with Crippen LogP contribution in [0.1, 0.15) is 67.0 Å². The number of carbonyl (C=O) groups is 1. The van der Waals surface area contributed by atoms with Crippen LogP contribution in [-0.2, 0) is 17.6 Å². The van der Waals surface area contributed by atoms with Crippen LogP contribution in [0.5, 0.6) is 5.75 Å². The first-order chi connectivity index (χ1) is 13.0. The number of nitrogens with one attached hydrogen (secondary N) is 1. The number of hydrogen-bond donors (Lipinski definition) is 1. The van der Waals surface area contributed by atoms with Crippen molar-refractivity contribution in [2.24, 2.45) is 0 Å². The zero-order chi connectivity index (χ0) is 19.4. The van der Waals surface area contributed by atoms with Gasteiger partial charge in [-0.2, -0.15) is 0 Å². The van der Waals surface area contributed by atoms with E-state index in [2.05, 4.69) is 36.5 Å². The third kappa shape index (κ3) is 4.71. The Morgan fingerprint density at radius 3 is 2.52 bits per heavy atom. The second kappa shape index (κ2) is 8.60. The van der Waals surface area contributed by atoms with E-state index in [9.17, 15) is 4.79 Å². The van der Waals surface area contributed by atoms with Gasteiger partial charge in [-0.3, -0.25) is 4.79 Å². The Kier molecular flexibility index (Phi) is 6.20. The summed E-state index contributed by atoms with van der Waals surface area (Å²) in [6.45, 7) is 8.10. The summed E-state index contributed by atoms with van der Waals surface area (Å²) in [7, 11) is 0. The Balaban J connectivity index is 1.67. The molecular formula is C24H31NO2. The van der Waals surface area contributed by atoms with Crippen LogP contribution in [0.15, 0.2) is 36.4 Å². The molecule has 2 atom stereocenters. The lowest BCUT2D eigenvalue weighted by atomic mass is 9.89. The fraction of sp³-hybridized carbons (Fsp3) is 0.458. The molecule has 2 aromatic rings. The van der Waals surface area contributed by atoms with E-state index in [1.165, 1.54) is 41.5 Å². The fourth-order valence-corrected chi connectivity index (χ4v) is 3.82. The Hall–Kier alpha value is -2.29. The van der Waals surface area contributed by atoms with Gasteiger partial charge in [-0.1, -0.05) is 42.8 Å². The molecule has 0 saturated carbocycles. The summed E-state index contributed by atoms with van der Waals surface area (Å²) in [6.07, 6.45) is 5.03. The molecule has 1 N–H and O–H groups in total. The summed E-state index contributed by atoms with van der Waals surface area (Å²) in [5, 5.41) is 3.14. The average molecular weight is 366 g/mol. The number of amides is 1. The van der Waals surface area contributed by atoms with E-state index in [-0.39, 0.29) is 11.9 Å². The molecule has 0 fully saturated rings. The number of ether oxygens (including phenoxy) is 1. The van der Waals surface area contributed by atoms with Gasteiger partial charge in [0.1, 0.15) is 5.75 Å². The zero-order valence-electron chi connectivity index (χ0n) is 17.0. The van der Waals surface area contributed by atoms with Crippen LogP contribution in [0, 0.1) is 13.8 Å². The SMILES string of the molecule is CC[C@H](Oc1ccc(C)cc1C)C(=O)N[C@@H](C)c1ccc2c(c1)CCCC2. The number of hydrogen-bond acceptors (Lipinski definition) is 2. The van der Waals surface area contributed by atoms with Gasteiger partial charge >= 0.3 is 0 Å². The molecular weight excluding hydrogens is 334 g/mol. The van der Waals surface area contributed by atoms with Crippen LogP contribution in [0.25, 0.3) is 0 Å². The van der Waals surface area contributed by atoms with Gasteiger partial charge in [0.15, 0.2) is 6.10 Å². The molecule has 0 aromatic heterocycles. The standard InChI is InChI=1S/C24H31NO2/c1-5-22(27-23-13-10-16(2)14-17(23)3)24(26)25-18(4)20-12-11-19-8-6-7-9-21(19)15-20/h10-15,18,22H,5-9H2,1-4H3,(H,25,26)/t18-,22-/m0/s1.